The highest BCUT2D eigenvalue weighted by atomic mass is 28.3. The molecule has 84 valence electrons. The predicted octanol–water partition coefficient (Wildman–Crippen LogP) is -0.536. The normalized spacial score (nSPS) is 16.0. The second kappa shape index (κ2) is 7.95. The Morgan fingerprint density at radius 2 is 1.79 bits per heavy atom. The summed E-state index contributed by atoms with van der Waals surface area (Å²) in [7, 11) is 3.05. The highest BCUT2D eigenvalue weighted by Gasteiger charge is 2.07. The van der Waals surface area contributed by atoms with Crippen molar-refractivity contribution in [3.63, 3.8) is 0 Å². The minimum atomic E-state index is -1.67. The lowest BCUT2D eigenvalue weighted by Gasteiger charge is -2.19. The maximum atomic E-state index is 5.49. The van der Waals surface area contributed by atoms with E-state index in [1.807, 2.05) is 13.1 Å². The van der Waals surface area contributed by atoms with Crippen LogP contribution in [-0.4, -0.2) is 43.4 Å². The van der Waals surface area contributed by atoms with Crippen LogP contribution in [0.25, 0.3) is 0 Å². The summed E-state index contributed by atoms with van der Waals surface area (Å²) in [6.45, 7) is 2.98. The van der Waals surface area contributed by atoms with Gasteiger partial charge in [0, 0.05) is 33.9 Å². The first-order chi connectivity index (χ1) is 6.65. The molecule has 0 bridgehead atoms. The molecule has 1 atom stereocenters. The average molecular weight is 220 g/mol. The van der Waals surface area contributed by atoms with E-state index in [4.69, 9.17) is 19.0 Å². The van der Waals surface area contributed by atoms with E-state index in [2.05, 4.69) is 5.32 Å². The first kappa shape index (κ1) is 13.6. The lowest BCUT2D eigenvalue weighted by molar-refractivity contribution is 0.163. The van der Waals surface area contributed by atoms with E-state index in [0.717, 1.165) is 6.54 Å². The summed E-state index contributed by atoms with van der Waals surface area (Å²) in [6, 6.07) is 0.251. The van der Waals surface area contributed by atoms with E-state index in [-0.39, 0.29) is 6.04 Å². The number of hydrogen-bond donors (Lipinski definition) is 2. The summed E-state index contributed by atoms with van der Waals surface area (Å²) in [5.41, 5.74) is 6.81. The molecule has 1 aliphatic heterocycles. The third kappa shape index (κ3) is 5.35. The van der Waals surface area contributed by atoms with Gasteiger partial charge in [0.2, 0.25) is 0 Å². The van der Waals surface area contributed by atoms with Gasteiger partial charge in [-0.1, -0.05) is 0 Å². The molecule has 6 heteroatoms. The molecule has 1 rings (SSSR count). The maximum absolute atomic E-state index is 5.49. The Hall–Kier alpha value is -0.403. The van der Waals surface area contributed by atoms with E-state index < -0.39 is 9.53 Å². The van der Waals surface area contributed by atoms with Crippen LogP contribution in [0.15, 0.2) is 11.8 Å². The van der Waals surface area contributed by atoms with Crippen LogP contribution in [0, 0.1) is 0 Å². The monoisotopic (exact) mass is 220 g/mol. The fraction of sp³-hybridized carbons (Fsp3) is 0.750. The van der Waals surface area contributed by atoms with Crippen LogP contribution in [0.2, 0.25) is 0 Å². The summed E-state index contributed by atoms with van der Waals surface area (Å²) >= 11 is 0. The molecule has 5 nitrogen and oxygen atoms in total. The molecule has 0 amide bonds. The van der Waals surface area contributed by atoms with Crippen molar-refractivity contribution >= 4 is 9.53 Å². The van der Waals surface area contributed by atoms with Crippen molar-refractivity contribution in [2.45, 2.75) is 13.0 Å². The van der Waals surface area contributed by atoms with Crippen LogP contribution in [0.1, 0.15) is 6.92 Å². The van der Waals surface area contributed by atoms with Gasteiger partial charge in [0.1, 0.15) is 0 Å². The molecule has 3 N–H and O–H groups in total. The predicted molar refractivity (Wildman–Crippen MR) is 57.9 cm³/mol. The van der Waals surface area contributed by atoms with Crippen LogP contribution in [0.3, 0.4) is 0 Å². The molecule has 0 fully saturated rings. The highest BCUT2D eigenvalue weighted by molar-refractivity contribution is 6.36. The number of nitrogens with one attached hydrogen (secondary N) is 1. The standard InChI is InChI=1S/C5H10N2.C3H10O3Si/c1-4(6)5-2-7-3-5;1-4-7(5-2)6-3/h2,4,7H,3,6H2,1H3;7H,1-3H3. The molecule has 0 saturated heterocycles. The summed E-state index contributed by atoms with van der Waals surface area (Å²) in [4.78, 5) is 0. The van der Waals surface area contributed by atoms with Gasteiger partial charge in [-0.2, -0.15) is 0 Å². The van der Waals surface area contributed by atoms with Crippen molar-refractivity contribution in [1.82, 2.24) is 5.32 Å². The third-order valence-electron chi connectivity index (χ3n) is 1.76. The second-order valence-corrected chi connectivity index (χ2v) is 4.88. The van der Waals surface area contributed by atoms with E-state index in [1.54, 1.807) is 21.3 Å². The average Bonchev–Trinajstić information content (AvgIpc) is 2.04. The zero-order valence-corrected chi connectivity index (χ0v) is 10.4. The Bertz CT molecular complexity index is 166. The second-order valence-electron chi connectivity index (χ2n) is 2.88. The van der Waals surface area contributed by atoms with Gasteiger partial charge in [-0.3, -0.25) is 0 Å². The van der Waals surface area contributed by atoms with E-state index in [1.165, 1.54) is 5.57 Å². The van der Waals surface area contributed by atoms with Crippen molar-refractivity contribution in [2.24, 2.45) is 5.73 Å². The SMILES string of the molecule is CC(N)C1=CNC1.CO[SiH](OC)OC. The Labute approximate surface area is 87.2 Å². The van der Waals surface area contributed by atoms with Crippen LogP contribution in [0.5, 0.6) is 0 Å². The van der Waals surface area contributed by atoms with Crippen LogP contribution < -0.4 is 11.1 Å². The van der Waals surface area contributed by atoms with Gasteiger partial charge >= 0.3 is 9.53 Å². The highest BCUT2D eigenvalue weighted by Crippen LogP contribution is 2.02. The largest absolute Gasteiger partial charge is 0.483 e. The van der Waals surface area contributed by atoms with Gasteiger partial charge in [-0.15, -0.1) is 0 Å². The van der Waals surface area contributed by atoms with Crippen LogP contribution in [-0.2, 0) is 13.3 Å². The first-order valence-electron chi connectivity index (χ1n) is 4.42. The quantitative estimate of drug-likeness (QED) is 0.623. The van der Waals surface area contributed by atoms with E-state index in [9.17, 15) is 0 Å². The number of nitrogens with two attached hydrogens (primary N) is 1. The first-order valence-corrected chi connectivity index (χ1v) is 5.83. The summed E-state index contributed by atoms with van der Waals surface area (Å²) < 4.78 is 14.2. The van der Waals surface area contributed by atoms with Gasteiger partial charge in [-0.05, 0) is 18.7 Å². The van der Waals surface area contributed by atoms with E-state index in [0.29, 0.717) is 0 Å². The van der Waals surface area contributed by atoms with Gasteiger partial charge in [0.25, 0.3) is 0 Å². The molecule has 0 aliphatic carbocycles. The summed E-state index contributed by atoms with van der Waals surface area (Å²) in [5, 5.41) is 3.00. The minimum absolute atomic E-state index is 0.251. The van der Waals surface area contributed by atoms with Crippen molar-refractivity contribution < 1.29 is 13.3 Å². The molecule has 1 heterocycles. The third-order valence-corrected chi connectivity index (χ3v) is 2.91. The molecule has 14 heavy (non-hydrogen) atoms. The zero-order valence-electron chi connectivity index (χ0n) is 9.24. The van der Waals surface area contributed by atoms with Crippen LogP contribution >= 0.6 is 0 Å². The number of rotatable bonds is 4. The van der Waals surface area contributed by atoms with Crippen molar-refractivity contribution in [3.05, 3.63) is 11.8 Å². The lowest BCUT2D eigenvalue weighted by atomic mass is 10.1. The topological polar surface area (TPSA) is 65.7 Å². The van der Waals surface area contributed by atoms with Gasteiger partial charge in [0.15, 0.2) is 0 Å². The molecular weight excluding hydrogens is 200 g/mol. The molecule has 0 saturated carbocycles. The fourth-order valence-electron chi connectivity index (χ4n) is 0.801. The van der Waals surface area contributed by atoms with Crippen molar-refractivity contribution in [1.29, 1.82) is 0 Å². The smallest absolute Gasteiger partial charge is 0.387 e. The maximum Gasteiger partial charge on any atom is 0.483 e. The van der Waals surface area contributed by atoms with E-state index >= 15 is 0 Å². The van der Waals surface area contributed by atoms with Gasteiger partial charge in [-0.25, -0.2) is 0 Å². The Morgan fingerprint density at radius 1 is 1.36 bits per heavy atom. The Kier molecular flexibility index (Phi) is 7.72. The van der Waals surface area contributed by atoms with Crippen molar-refractivity contribution in [3.8, 4) is 0 Å². The molecule has 0 aromatic heterocycles. The fourth-order valence-corrected chi connectivity index (χ4v) is 1.38. The van der Waals surface area contributed by atoms with Gasteiger partial charge < -0.3 is 24.3 Å². The molecule has 1 unspecified atom stereocenters. The minimum Gasteiger partial charge on any atom is -0.387 e. The zero-order chi connectivity index (χ0) is 11.0. The molecule has 0 aromatic rings. The Balaban J connectivity index is 0.000000241. The Morgan fingerprint density at radius 3 is 1.79 bits per heavy atom. The summed E-state index contributed by atoms with van der Waals surface area (Å²) in [5.74, 6) is 0. The summed E-state index contributed by atoms with van der Waals surface area (Å²) in [6.07, 6.45) is 1.96. The molecule has 0 spiro atoms. The number of hydrogen-bond acceptors (Lipinski definition) is 5. The van der Waals surface area contributed by atoms with Gasteiger partial charge in [0.05, 0.1) is 0 Å². The lowest BCUT2D eigenvalue weighted by Crippen LogP contribution is -2.33. The van der Waals surface area contributed by atoms with Crippen molar-refractivity contribution in [2.75, 3.05) is 27.9 Å². The molecular formula is C8H20N2O3Si. The molecule has 0 aromatic carbocycles. The van der Waals surface area contributed by atoms with Crippen LogP contribution in [0.4, 0.5) is 0 Å². The molecule has 1 aliphatic rings. The molecule has 0 radical (unpaired) electrons.